The Morgan fingerprint density at radius 2 is 1.80 bits per heavy atom. The van der Waals surface area contributed by atoms with Gasteiger partial charge in [0, 0.05) is 13.2 Å². The Morgan fingerprint density at radius 3 is 2.45 bits per heavy atom. The van der Waals surface area contributed by atoms with Crippen LogP contribution in [0.2, 0.25) is 0 Å². The molecule has 2 heteroatoms. The van der Waals surface area contributed by atoms with Crippen molar-refractivity contribution in [3.8, 4) is 0 Å². The largest absolute Gasteiger partial charge is 0.379 e. The quantitative estimate of drug-likeness (QED) is 0.845. The van der Waals surface area contributed by atoms with Gasteiger partial charge in [-0.3, -0.25) is 0 Å². The zero-order valence-electron chi connectivity index (χ0n) is 12.9. The summed E-state index contributed by atoms with van der Waals surface area (Å²) in [6.45, 7) is 4.28. The number of ether oxygens (including phenoxy) is 1. The molecule has 0 fully saturated rings. The first-order valence-electron chi connectivity index (χ1n) is 7.27. The topological polar surface area (TPSA) is 21.3 Å². The van der Waals surface area contributed by atoms with Crippen LogP contribution in [0.3, 0.4) is 0 Å². The Labute approximate surface area is 122 Å². The van der Waals surface area contributed by atoms with Crippen molar-refractivity contribution in [1.29, 1.82) is 0 Å². The molecule has 2 rings (SSSR count). The molecule has 0 aliphatic heterocycles. The fourth-order valence-electron chi connectivity index (χ4n) is 2.50. The zero-order chi connectivity index (χ0) is 14.6. The van der Waals surface area contributed by atoms with Crippen molar-refractivity contribution >= 4 is 10.8 Å². The Morgan fingerprint density at radius 1 is 1.10 bits per heavy atom. The second-order valence-electron chi connectivity index (χ2n) is 5.95. The average Bonchev–Trinajstić information content (AvgIpc) is 2.47. The normalized spacial score (nSPS) is 13.6. The lowest BCUT2D eigenvalue weighted by Gasteiger charge is -2.26. The van der Waals surface area contributed by atoms with Gasteiger partial charge in [0.2, 0.25) is 0 Å². The summed E-state index contributed by atoms with van der Waals surface area (Å²) in [7, 11) is 3.81. The number of rotatable bonds is 6. The number of methoxy groups -OCH3 is 1. The Bertz CT molecular complexity index is 562. The van der Waals surface area contributed by atoms with Crippen LogP contribution in [0.1, 0.15) is 38.3 Å². The molecule has 2 aromatic rings. The molecule has 0 saturated carbocycles. The highest BCUT2D eigenvalue weighted by Gasteiger charge is 2.19. The Hall–Kier alpha value is -1.38. The molecule has 1 N–H and O–H groups in total. The molecule has 20 heavy (non-hydrogen) atoms. The second-order valence-corrected chi connectivity index (χ2v) is 5.95. The first-order valence-corrected chi connectivity index (χ1v) is 7.27. The van der Waals surface area contributed by atoms with Gasteiger partial charge in [-0.25, -0.2) is 0 Å². The number of benzene rings is 2. The average molecular weight is 271 g/mol. The monoisotopic (exact) mass is 271 g/mol. The summed E-state index contributed by atoms with van der Waals surface area (Å²) >= 11 is 0. The van der Waals surface area contributed by atoms with Gasteiger partial charge in [-0.15, -0.1) is 0 Å². The Kier molecular flexibility index (Phi) is 4.79. The molecular formula is C18H25NO. The van der Waals surface area contributed by atoms with Crippen LogP contribution < -0.4 is 5.32 Å². The lowest BCUT2D eigenvalue weighted by Crippen LogP contribution is -2.25. The number of nitrogens with one attached hydrogen (secondary N) is 1. The van der Waals surface area contributed by atoms with Crippen LogP contribution in [0.15, 0.2) is 42.5 Å². The summed E-state index contributed by atoms with van der Waals surface area (Å²) in [4.78, 5) is 0. The van der Waals surface area contributed by atoms with E-state index in [1.807, 2.05) is 7.05 Å². The van der Waals surface area contributed by atoms with Gasteiger partial charge in [0.05, 0.1) is 5.60 Å². The van der Waals surface area contributed by atoms with Crippen LogP contribution >= 0.6 is 0 Å². The van der Waals surface area contributed by atoms with Crippen LogP contribution in [0, 0.1) is 0 Å². The first-order chi connectivity index (χ1) is 9.55. The molecule has 0 radical (unpaired) electrons. The fraction of sp³-hybridized carbons (Fsp3) is 0.444. The first kappa shape index (κ1) is 15.0. The summed E-state index contributed by atoms with van der Waals surface area (Å²) < 4.78 is 5.51. The maximum Gasteiger partial charge on any atom is 0.0623 e. The fourth-order valence-corrected chi connectivity index (χ4v) is 2.50. The van der Waals surface area contributed by atoms with E-state index in [4.69, 9.17) is 4.74 Å². The lowest BCUT2D eigenvalue weighted by atomic mass is 9.94. The van der Waals surface area contributed by atoms with Gasteiger partial charge < -0.3 is 10.1 Å². The second kappa shape index (κ2) is 6.38. The highest BCUT2D eigenvalue weighted by Crippen LogP contribution is 2.26. The van der Waals surface area contributed by atoms with E-state index in [1.165, 1.54) is 16.3 Å². The minimum atomic E-state index is -0.0635. The van der Waals surface area contributed by atoms with Crippen LogP contribution in [0.4, 0.5) is 0 Å². The molecule has 108 valence electrons. The maximum atomic E-state index is 5.51. The number of hydrogen-bond acceptors (Lipinski definition) is 2. The molecule has 0 spiro atoms. The van der Waals surface area contributed by atoms with E-state index in [-0.39, 0.29) is 5.60 Å². The van der Waals surface area contributed by atoms with Crippen molar-refractivity contribution in [3.05, 3.63) is 48.0 Å². The van der Waals surface area contributed by atoms with Gasteiger partial charge in [0.1, 0.15) is 0 Å². The SMILES string of the molecule is CNC(CCC(C)(C)OC)c1ccc2ccccc2c1. The van der Waals surface area contributed by atoms with Crippen molar-refractivity contribution in [2.45, 2.75) is 38.3 Å². The van der Waals surface area contributed by atoms with Crippen LogP contribution in [0.25, 0.3) is 10.8 Å². The molecule has 0 amide bonds. The van der Waals surface area contributed by atoms with Gasteiger partial charge in [0.25, 0.3) is 0 Å². The molecule has 1 unspecified atom stereocenters. The van der Waals surface area contributed by atoms with Crippen LogP contribution in [-0.4, -0.2) is 19.8 Å². The van der Waals surface area contributed by atoms with E-state index in [0.717, 1.165) is 12.8 Å². The third kappa shape index (κ3) is 3.59. The van der Waals surface area contributed by atoms with E-state index >= 15 is 0 Å². The van der Waals surface area contributed by atoms with E-state index in [1.54, 1.807) is 7.11 Å². The molecule has 1 atom stereocenters. The molecule has 2 nitrogen and oxygen atoms in total. The van der Waals surface area contributed by atoms with Crippen molar-refractivity contribution < 1.29 is 4.74 Å². The standard InChI is InChI=1S/C18H25NO/c1-18(2,20-4)12-11-17(19-3)16-10-9-14-7-5-6-8-15(14)13-16/h5-10,13,17,19H,11-12H2,1-4H3. The van der Waals surface area contributed by atoms with Crippen molar-refractivity contribution in [1.82, 2.24) is 5.32 Å². The highest BCUT2D eigenvalue weighted by atomic mass is 16.5. The maximum absolute atomic E-state index is 5.51. The summed E-state index contributed by atoms with van der Waals surface area (Å²) in [5.74, 6) is 0. The van der Waals surface area contributed by atoms with E-state index in [2.05, 4.69) is 61.6 Å². The third-order valence-electron chi connectivity index (χ3n) is 4.11. The molecule has 0 aromatic heterocycles. The molecule has 0 heterocycles. The van der Waals surface area contributed by atoms with Gasteiger partial charge >= 0.3 is 0 Å². The molecular weight excluding hydrogens is 246 g/mol. The molecule has 0 saturated heterocycles. The molecule has 0 aliphatic carbocycles. The summed E-state index contributed by atoms with van der Waals surface area (Å²) in [5.41, 5.74) is 1.28. The van der Waals surface area contributed by atoms with E-state index in [9.17, 15) is 0 Å². The Balaban J connectivity index is 2.17. The summed E-state index contributed by atoms with van der Waals surface area (Å²) in [6.07, 6.45) is 2.09. The summed E-state index contributed by atoms with van der Waals surface area (Å²) in [5, 5.41) is 6.02. The van der Waals surface area contributed by atoms with Crippen molar-refractivity contribution in [3.63, 3.8) is 0 Å². The van der Waals surface area contributed by atoms with Crippen molar-refractivity contribution in [2.75, 3.05) is 14.2 Å². The zero-order valence-corrected chi connectivity index (χ0v) is 12.9. The predicted octanol–water partition coefficient (Wildman–Crippen LogP) is 4.31. The highest BCUT2D eigenvalue weighted by molar-refractivity contribution is 5.83. The third-order valence-corrected chi connectivity index (χ3v) is 4.11. The van der Waals surface area contributed by atoms with Crippen molar-refractivity contribution in [2.24, 2.45) is 0 Å². The predicted molar refractivity (Wildman–Crippen MR) is 86.1 cm³/mol. The minimum absolute atomic E-state index is 0.0635. The van der Waals surface area contributed by atoms with Gasteiger partial charge in [0.15, 0.2) is 0 Å². The minimum Gasteiger partial charge on any atom is -0.379 e. The van der Waals surface area contributed by atoms with Crippen LogP contribution in [0.5, 0.6) is 0 Å². The number of hydrogen-bond donors (Lipinski definition) is 1. The smallest absolute Gasteiger partial charge is 0.0623 e. The lowest BCUT2D eigenvalue weighted by molar-refractivity contribution is 0.0118. The van der Waals surface area contributed by atoms with Crippen LogP contribution in [-0.2, 0) is 4.74 Å². The van der Waals surface area contributed by atoms with E-state index in [0.29, 0.717) is 6.04 Å². The molecule has 0 bridgehead atoms. The summed E-state index contributed by atoms with van der Waals surface area (Å²) in [6, 6.07) is 15.6. The van der Waals surface area contributed by atoms with E-state index < -0.39 is 0 Å². The van der Waals surface area contributed by atoms with Gasteiger partial charge in [-0.05, 0) is 56.1 Å². The van der Waals surface area contributed by atoms with Gasteiger partial charge in [-0.1, -0.05) is 36.4 Å². The number of fused-ring (bicyclic) bond motifs is 1. The van der Waals surface area contributed by atoms with Gasteiger partial charge in [-0.2, -0.15) is 0 Å². The molecule has 0 aliphatic rings. The molecule has 2 aromatic carbocycles.